The molecule has 124 valence electrons. The monoisotopic (exact) mass is 313 g/mol. The van der Waals surface area contributed by atoms with Crippen LogP contribution in [-0.4, -0.2) is 47.7 Å². The summed E-state index contributed by atoms with van der Waals surface area (Å²) in [7, 11) is 4.39. The second kappa shape index (κ2) is 6.85. The molecular weight excluding hydrogens is 286 g/mol. The van der Waals surface area contributed by atoms with Gasteiger partial charge < -0.3 is 9.42 Å². The van der Waals surface area contributed by atoms with E-state index in [1.54, 1.807) is 0 Å². The van der Waals surface area contributed by atoms with Gasteiger partial charge in [-0.3, -0.25) is 4.90 Å². The highest BCUT2D eigenvalue weighted by Gasteiger charge is 2.36. The summed E-state index contributed by atoms with van der Waals surface area (Å²) in [5.74, 6) is 0.953. The van der Waals surface area contributed by atoms with E-state index in [-0.39, 0.29) is 0 Å². The number of hydrogen-bond acceptors (Lipinski definition) is 4. The molecule has 4 heteroatoms. The zero-order chi connectivity index (χ0) is 16.4. The van der Waals surface area contributed by atoms with Gasteiger partial charge >= 0.3 is 0 Å². The topological polar surface area (TPSA) is 32.5 Å². The SMILES string of the molecule is Cc1noc(C)c1CN1CC[C@@H](N(C)C)[C@@H]1Cc1ccccc1. The van der Waals surface area contributed by atoms with E-state index in [0.29, 0.717) is 12.1 Å². The van der Waals surface area contributed by atoms with Crippen molar-refractivity contribution in [1.29, 1.82) is 0 Å². The first-order valence-corrected chi connectivity index (χ1v) is 8.42. The molecule has 2 heterocycles. The molecule has 2 aromatic rings. The third-order valence-corrected chi connectivity index (χ3v) is 5.12. The molecule has 0 radical (unpaired) electrons. The lowest BCUT2D eigenvalue weighted by atomic mass is 9.99. The predicted molar refractivity (Wildman–Crippen MR) is 92.4 cm³/mol. The predicted octanol–water partition coefficient (Wildman–Crippen LogP) is 3.04. The minimum absolute atomic E-state index is 0.529. The van der Waals surface area contributed by atoms with Crippen LogP contribution >= 0.6 is 0 Å². The molecule has 0 N–H and O–H groups in total. The van der Waals surface area contributed by atoms with Gasteiger partial charge in [-0.2, -0.15) is 0 Å². The Kier molecular flexibility index (Phi) is 4.83. The summed E-state index contributed by atoms with van der Waals surface area (Å²) in [4.78, 5) is 4.98. The molecule has 23 heavy (non-hydrogen) atoms. The molecule has 0 aliphatic carbocycles. The number of likely N-dealkylation sites (N-methyl/N-ethyl adjacent to an activating group) is 1. The van der Waals surface area contributed by atoms with Gasteiger partial charge in [0.1, 0.15) is 5.76 Å². The Labute approximate surface area is 139 Å². The van der Waals surface area contributed by atoms with E-state index in [1.807, 2.05) is 13.8 Å². The minimum Gasteiger partial charge on any atom is -0.361 e. The summed E-state index contributed by atoms with van der Waals surface area (Å²) in [6.07, 6.45) is 2.31. The number of benzene rings is 1. The van der Waals surface area contributed by atoms with E-state index in [9.17, 15) is 0 Å². The molecule has 1 aliphatic heterocycles. The Morgan fingerprint density at radius 1 is 1.22 bits per heavy atom. The Balaban J connectivity index is 1.80. The average Bonchev–Trinajstić information content (AvgIpc) is 3.07. The van der Waals surface area contributed by atoms with Gasteiger partial charge in [0.25, 0.3) is 0 Å². The Morgan fingerprint density at radius 2 is 1.96 bits per heavy atom. The quantitative estimate of drug-likeness (QED) is 0.849. The zero-order valence-corrected chi connectivity index (χ0v) is 14.6. The van der Waals surface area contributed by atoms with Crippen LogP contribution in [0.5, 0.6) is 0 Å². The van der Waals surface area contributed by atoms with Crippen LogP contribution in [0.2, 0.25) is 0 Å². The van der Waals surface area contributed by atoms with Crippen molar-refractivity contribution in [2.24, 2.45) is 0 Å². The average molecular weight is 313 g/mol. The largest absolute Gasteiger partial charge is 0.361 e. The molecule has 3 rings (SSSR count). The molecule has 1 aromatic heterocycles. The smallest absolute Gasteiger partial charge is 0.138 e. The van der Waals surface area contributed by atoms with Gasteiger partial charge in [0.05, 0.1) is 5.69 Å². The highest BCUT2D eigenvalue weighted by atomic mass is 16.5. The van der Waals surface area contributed by atoms with Gasteiger partial charge in [0.15, 0.2) is 0 Å². The standard InChI is InChI=1S/C19H27N3O/c1-14-17(15(2)23-20-14)13-22-11-10-18(21(3)4)19(22)12-16-8-6-5-7-9-16/h5-9,18-19H,10-13H2,1-4H3/t18-,19+/m1/s1. The van der Waals surface area contributed by atoms with Crippen molar-refractivity contribution >= 4 is 0 Å². The van der Waals surface area contributed by atoms with Gasteiger partial charge in [-0.1, -0.05) is 35.5 Å². The lowest BCUT2D eigenvalue weighted by Crippen LogP contribution is -2.43. The maximum atomic E-state index is 5.35. The van der Waals surface area contributed by atoms with Crippen molar-refractivity contribution in [3.63, 3.8) is 0 Å². The molecule has 0 amide bonds. The van der Waals surface area contributed by atoms with E-state index in [4.69, 9.17) is 4.52 Å². The van der Waals surface area contributed by atoms with Crippen LogP contribution in [0.3, 0.4) is 0 Å². The second-order valence-corrected chi connectivity index (χ2v) is 6.85. The molecule has 0 saturated carbocycles. The maximum Gasteiger partial charge on any atom is 0.138 e. The van der Waals surface area contributed by atoms with Gasteiger partial charge in [-0.25, -0.2) is 0 Å². The molecule has 2 atom stereocenters. The first-order chi connectivity index (χ1) is 11.1. The molecule has 1 aromatic carbocycles. The highest BCUT2D eigenvalue weighted by Crippen LogP contribution is 2.28. The molecule has 1 fully saturated rings. The van der Waals surface area contributed by atoms with Crippen molar-refractivity contribution in [3.8, 4) is 0 Å². The first kappa shape index (κ1) is 16.2. The number of nitrogens with zero attached hydrogens (tertiary/aromatic N) is 3. The van der Waals surface area contributed by atoms with E-state index >= 15 is 0 Å². The lowest BCUT2D eigenvalue weighted by molar-refractivity contribution is 0.177. The number of rotatable bonds is 5. The third-order valence-electron chi connectivity index (χ3n) is 5.12. The third kappa shape index (κ3) is 3.48. The summed E-state index contributed by atoms with van der Waals surface area (Å²) in [6.45, 7) is 6.12. The molecule has 4 nitrogen and oxygen atoms in total. The van der Waals surface area contributed by atoms with Crippen molar-refractivity contribution < 1.29 is 4.52 Å². The molecule has 1 saturated heterocycles. The molecule has 0 unspecified atom stereocenters. The number of hydrogen-bond donors (Lipinski definition) is 0. The van der Waals surface area contributed by atoms with Crippen LogP contribution in [0.25, 0.3) is 0 Å². The van der Waals surface area contributed by atoms with Crippen molar-refractivity contribution in [3.05, 3.63) is 52.9 Å². The van der Waals surface area contributed by atoms with Gasteiger partial charge in [-0.05, 0) is 46.3 Å². The molecule has 0 bridgehead atoms. The Morgan fingerprint density at radius 3 is 2.57 bits per heavy atom. The minimum atomic E-state index is 0.529. The summed E-state index contributed by atoms with van der Waals surface area (Å²) in [5, 5.41) is 4.11. The summed E-state index contributed by atoms with van der Waals surface area (Å²) >= 11 is 0. The molecule has 1 aliphatic rings. The fourth-order valence-electron chi connectivity index (χ4n) is 3.75. The van der Waals surface area contributed by atoms with Crippen molar-refractivity contribution in [2.45, 2.75) is 45.3 Å². The van der Waals surface area contributed by atoms with Crippen LogP contribution in [-0.2, 0) is 13.0 Å². The number of likely N-dealkylation sites (tertiary alicyclic amines) is 1. The fraction of sp³-hybridized carbons (Fsp3) is 0.526. The highest BCUT2D eigenvalue weighted by molar-refractivity contribution is 5.22. The summed E-state index contributed by atoms with van der Waals surface area (Å²) in [6, 6.07) is 11.9. The zero-order valence-electron chi connectivity index (χ0n) is 14.6. The first-order valence-electron chi connectivity index (χ1n) is 8.42. The summed E-state index contributed by atoms with van der Waals surface area (Å²) in [5.41, 5.74) is 3.69. The van der Waals surface area contributed by atoms with E-state index in [0.717, 1.165) is 31.0 Å². The van der Waals surface area contributed by atoms with Crippen molar-refractivity contribution in [1.82, 2.24) is 15.0 Å². The fourth-order valence-corrected chi connectivity index (χ4v) is 3.75. The van der Waals surface area contributed by atoms with E-state index in [1.165, 1.54) is 17.5 Å². The Hall–Kier alpha value is -1.65. The van der Waals surface area contributed by atoms with Crippen LogP contribution in [0.1, 0.15) is 29.0 Å². The normalized spacial score (nSPS) is 22.1. The van der Waals surface area contributed by atoms with E-state index < -0.39 is 0 Å². The lowest BCUT2D eigenvalue weighted by Gasteiger charge is -2.31. The van der Waals surface area contributed by atoms with E-state index in [2.05, 4.69) is 59.4 Å². The molecule has 0 spiro atoms. The van der Waals surface area contributed by atoms with Crippen LogP contribution < -0.4 is 0 Å². The Bertz CT molecular complexity index is 616. The number of aryl methyl sites for hydroxylation is 2. The van der Waals surface area contributed by atoms with Gasteiger partial charge in [0, 0.05) is 30.7 Å². The molecular formula is C19H27N3O. The maximum absolute atomic E-state index is 5.35. The summed E-state index contributed by atoms with van der Waals surface area (Å²) < 4.78 is 5.35. The van der Waals surface area contributed by atoms with Crippen LogP contribution in [0.15, 0.2) is 34.9 Å². The van der Waals surface area contributed by atoms with Crippen molar-refractivity contribution in [2.75, 3.05) is 20.6 Å². The second-order valence-electron chi connectivity index (χ2n) is 6.85. The van der Waals surface area contributed by atoms with Crippen LogP contribution in [0, 0.1) is 13.8 Å². The van der Waals surface area contributed by atoms with Crippen LogP contribution in [0.4, 0.5) is 0 Å². The number of aromatic nitrogens is 1. The van der Waals surface area contributed by atoms with Gasteiger partial charge in [-0.15, -0.1) is 0 Å². The van der Waals surface area contributed by atoms with Gasteiger partial charge in [0.2, 0.25) is 0 Å².